The minimum atomic E-state index is -1.12. The molecule has 3 aromatic rings. The van der Waals surface area contributed by atoms with Crippen LogP contribution in [0, 0.1) is 5.82 Å². The molecule has 0 radical (unpaired) electrons. The highest BCUT2D eigenvalue weighted by atomic mass is 19.1. The summed E-state index contributed by atoms with van der Waals surface area (Å²) in [6.45, 7) is 2.33. The van der Waals surface area contributed by atoms with E-state index < -0.39 is 11.8 Å². The second kappa shape index (κ2) is 8.50. The summed E-state index contributed by atoms with van der Waals surface area (Å²) in [6, 6.07) is 6.95. The molecule has 1 aliphatic rings. The van der Waals surface area contributed by atoms with Crippen LogP contribution >= 0.6 is 0 Å². The van der Waals surface area contributed by atoms with Crippen molar-refractivity contribution in [2.75, 3.05) is 33.3 Å². The molecule has 0 saturated carbocycles. The van der Waals surface area contributed by atoms with Gasteiger partial charge in [0.2, 0.25) is 5.88 Å². The maximum atomic E-state index is 14.6. The van der Waals surface area contributed by atoms with Crippen LogP contribution in [0.5, 0.6) is 17.4 Å². The Morgan fingerprint density at radius 3 is 2.81 bits per heavy atom. The van der Waals surface area contributed by atoms with Crippen molar-refractivity contribution < 1.29 is 28.6 Å². The fraction of sp³-hybridized carbons (Fsp3) is 0.286. The molecule has 1 aromatic carbocycles. The SMILES string of the molecule is CN1CCN(CCCOc2ccc(Oc3cc(C(=O)O)cc4cncn34)c(F)c2)C1=O. The van der Waals surface area contributed by atoms with E-state index in [9.17, 15) is 19.1 Å². The number of rotatable bonds is 8. The highest BCUT2D eigenvalue weighted by molar-refractivity contribution is 5.89. The Bertz CT molecular complexity index is 1130. The van der Waals surface area contributed by atoms with Crippen molar-refractivity contribution in [3.8, 4) is 17.4 Å². The van der Waals surface area contributed by atoms with E-state index in [4.69, 9.17) is 9.47 Å². The largest absolute Gasteiger partial charge is 0.493 e. The van der Waals surface area contributed by atoms with Crippen LogP contribution in [0.4, 0.5) is 9.18 Å². The number of ether oxygens (including phenoxy) is 2. The first-order valence-corrected chi connectivity index (χ1v) is 9.72. The van der Waals surface area contributed by atoms with Gasteiger partial charge in [-0.15, -0.1) is 0 Å². The van der Waals surface area contributed by atoms with Gasteiger partial charge in [-0.25, -0.2) is 19.0 Å². The molecule has 10 heteroatoms. The van der Waals surface area contributed by atoms with Crippen molar-refractivity contribution in [1.82, 2.24) is 19.2 Å². The fourth-order valence-electron chi connectivity index (χ4n) is 3.32. The molecule has 0 unspecified atom stereocenters. The number of benzene rings is 1. The van der Waals surface area contributed by atoms with Gasteiger partial charge in [0.25, 0.3) is 0 Å². The van der Waals surface area contributed by atoms with E-state index in [2.05, 4.69) is 4.98 Å². The molecule has 0 aliphatic carbocycles. The lowest BCUT2D eigenvalue weighted by molar-refractivity contribution is 0.0696. The van der Waals surface area contributed by atoms with E-state index in [1.165, 1.54) is 41.2 Å². The maximum absolute atomic E-state index is 14.6. The van der Waals surface area contributed by atoms with Crippen LogP contribution in [-0.2, 0) is 0 Å². The zero-order chi connectivity index (χ0) is 22.0. The average Bonchev–Trinajstić information content (AvgIpc) is 3.34. The lowest BCUT2D eigenvalue weighted by Crippen LogP contribution is -2.30. The number of halogens is 1. The molecule has 3 heterocycles. The van der Waals surface area contributed by atoms with Gasteiger partial charge in [0.1, 0.15) is 12.1 Å². The van der Waals surface area contributed by atoms with Crippen molar-refractivity contribution in [2.24, 2.45) is 0 Å². The molecule has 0 atom stereocenters. The number of carbonyl (C=O) groups excluding carboxylic acids is 1. The van der Waals surface area contributed by atoms with Crippen molar-refractivity contribution >= 4 is 17.5 Å². The Balaban J connectivity index is 1.39. The zero-order valence-electron chi connectivity index (χ0n) is 16.8. The molecule has 9 nitrogen and oxygen atoms in total. The number of fused-ring (bicyclic) bond motifs is 1. The van der Waals surface area contributed by atoms with Crippen LogP contribution in [0.15, 0.2) is 42.9 Å². The molecule has 1 saturated heterocycles. The summed E-state index contributed by atoms with van der Waals surface area (Å²) in [5.74, 6) is -1.39. The summed E-state index contributed by atoms with van der Waals surface area (Å²) in [6.07, 6.45) is 3.56. The van der Waals surface area contributed by atoms with E-state index in [1.807, 2.05) is 0 Å². The molecular weight excluding hydrogens is 407 g/mol. The van der Waals surface area contributed by atoms with E-state index in [1.54, 1.807) is 22.9 Å². The number of carboxylic acid groups (broad SMARTS) is 1. The lowest BCUT2D eigenvalue weighted by Gasteiger charge is -2.16. The topological polar surface area (TPSA) is 96.6 Å². The highest BCUT2D eigenvalue weighted by Crippen LogP contribution is 2.29. The monoisotopic (exact) mass is 428 g/mol. The second-order valence-electron chi connectivity index (χ2n) is 7.16. The van der Waals surface area contributed by atoms with E-state index in [0.717, 1.165) is 0 Å². The van der Waals surface area contributed by atoms with Crippen molar-refractivity contribution in [3.63, 3.8) is 0 Å². The summed E-state index contributed by atoms with van der Waals surface area (Å²) in [4.78, 5) is 30.5. The lowest BCUT2D eigenvalue weighted by atomic mass is 10.2. The van der Waals surface area contributed by atoms with Crippen LogP contribution in [0.2, 0.25) is 0 Å². The molecule has 162 valence electrons. The number of aromatic nitrogens is 2. The predicted molar refractivity (Wildman–Crippen MR) is 108 cm³/mol. The number of hydrogen-bond acceptors (Lipinski definition) is 5. The molecule has 31 heavy (non-hydrogen) atoms. The predicted octanol–water partition coefficient (Wildman–Crippen LogP) is 3.10. The third-order valence-electron chi connectivity index (χ3n) is 5.00. The molecule has 2 amide bonds. The fourth-order valence-corrected chi connectivity index (χ4v) is 3.32. The smallest absolute Gasteiger partial charge is 0.335 e. The number of urea groups is 1. The number of imidazole rings is 1. The van der Waals surface area contributed by atoms with Crippen molar-refractivity contribution in [2.45, 2.75) is 6.42 Å². The van der Waals surface area contributed by atoms with Gasteiger partial charge in [-0.2, -0.15) is 0 Å². The quantitative estimate of drug-likeness (QED) is 0.554. The Morgan fingerprint density at radius 2 is 2.10 bits per heavy atom. The molecule has 0 bridgehead atoms. The van der Waals surface area contributed by atoms with Gasteiger partial charge in [-0.1, -0.05) is 0 Å². The standard InChI is InChI=1S/C21H21FN4O5/c1-24-6-7-25(21(24)29)5-2-8-30-16-3-4-18(17(22)11-16)31-19-10-14(20(27)28)9-15-12-23-13-26(15)19/h3-4,9-13H,2,5-8H2,1H3,(H,27,28). The van der Waals surface area contributed by atoms with Gasteiger partial charge < -0.3 is 24.4 Å². The molecular formula is C21H21FN4O5. The normalized spacial score (nSPS) is 13.8. The number of carbonyl (C=O) groups is 2. The van der Waals surface area contributed by atoms with Crippen LogP contribution in [-0.4, -0.2) is 69.6 Å². The first kappa shape index (κ1) is 20.5. The summed E-state index contributed by atoms with van der Waals surface area (Å²) in [5.41, 5.74) is 0.518. The zero-order valence-corrected chi connectivity index (χ0v) is 16.8. The summed E-state index contributed by atoms with van der Waals surface area (Å²) in [5, 5.41) is 9.26. The number of pyridine rings is 1. The maximum Gasteiger partial charge on any atom is 0.335 e. The molecule has 1 fully saturated rings. The van der Waals surface area contributed by atoms with Crippen LogP contribution in [0.1, 0.15) is 16.8 Å². The third kappa shape index (κ3) is 4.37. The molecule has 1 N–H and O–H groups in total. The molecule has 0 spiro atoms. The van der Waals surface area contributed by atoms with E-state index >= 15 is 0 Å². The number of hydrogen-bond donors (Lipinski definition) is 1. The van der Waals surface area contributed by atoms with Gasteiger partial charge in [-0.3, -0.25) is 4.40 Å². The number of carboxylic acids is 1. The first-order chi connectivity index (χ1) is 14.9. The second-order valence-corrected chi connectivity index (χ2v) is 7.16. The van der Waals surface area contributed by atoms with Crippen LogP contribution in [0.25, 0.3) is 5.52 Å². The molecule has 4 rings (SSSR count). The minimum absolute atomic E-state index is 0.00559. The molecule has 2 aromatic heterocycles. The highest BCUT2D eigenvalue weighted by Gasteiger charge is 2.24. The van der Waals surface area contributed by atoms with Crippen LogP contribution in [0.3, 0.4) is 0 Å². The summed E-state index contributed by atoms with van der Waals surface area (Å²) >= 11 is 0. The first-order valence-electron chi connectivity index (χ1n) is 9.72. The summed E-state index contributed by atoms with van der Waals surface area (Å²) < 4.78 is 27.3. The number of amides is 2. The van der Waals surface area contributed by atoms with Gasteiger partial charge in [-0.05, 0) is 24.6 Å². The number of aromatic carboxylic acids is 1. The Hall–Kier alpha value is -3.82. The average molecular weight is 428 g/mol. The van der Waals surface area contributed by atoms with Crippen LogP contribution < -0.4 is 9.47 Å². The number of likely N-dealkylation sites (N-methyl/N-ethyl adjacent to an activating group) is 1. The van der Waals surface area contributed by atoms with Gasteiger partial charge in [0.05, 0.1) is 23.9 Å². The minimum Gasteiger partial charge on any atom is -0.493 e. The van der Waals surface area contributed by atoms with Gasteiger partial charge in [0.15, 0.2) is 11.6 Å². The number of nitrogens with zero attached hydrogens (tertiary/aromatic N) is 4. The Labute approximate surface area is 177 Å². The van der Waals surface area contributed by atoms with Gasteiger partial charge in [0, 0.05) is 38.8 Å². The Morgan fingerprint density at radius 1 is 1.26 bits per heavy atom. The third-order valence-corrected chi connectivity index (χ3v) is 5.00. The van der Waals surface area contributed by atoms with E-state index in [-0.39, 0.29) is 23.2 Å². The van der Waals surface area contributed by atoms with Crippen molar-refractivity contribution in [1.29, 1.82) is 0 Å². The summed E-state index contributed by atoms with van der Waals surface area (Å²) in [7, 11) is 1.76. The van der Waals surface area contributed by atoms with Gasteiger partial charge >= 0.3 is 12.0 Å². The molecule has 1 aliphatic heterocycles. The van der Waals surface area contributed by atoms with Crippen molar-refractivity contribution in [3.05, 3.63) is 54.2 Å². The Kier molecular flexibility index (Phi) is 5.61. The van der Waals surface area contributed by atoms with E-state index in [0.29, 0.717) is 43.9 Å².